The molecular weight excluding hydrogens is 140 g/mol. The molecule has 0 rings (SSSR count). The Morgan fingerprint density at radius 1 is 1.73 bits per heavy atom. The van der Waals surface area contributed by atoms with Crippen LogP contribution < -0.4 is 0 Å². The largest absolute Gasteiger partial charge is 0.481 e. The normalized spacial score (nSPS) is 13.2. The molecule has 0 fully saturated rings. The van der Waals surface area contributed by atoms with Gasteiger partial charge in [0.1, 0.15) is 0 Å². The molecule has 0 aliphatic carbocycles. The Kier molecular flexibility index (Phi) is 5.17. The van der Waals surface area contributed by atoms with Gasteiger partial charge in [-0.3, -0.25) is 4.79 Å². The molecule has 0 spiro atoms. The fourth-order valence-electron chi connectivity index (χ4n) is 0.716. The number of carbonyl (C=O) groups is 1. The van der Waals surface area contributed by atoms with E-state index in [0.29, 0.717) is 12.3 Å². The highest BCUT2D eigenvalue weighted by atomic mass is 16.4. The van der Waals surface area contributed by atoms with Crippen molar-refractivity contribution >= 4 is 5.97 Å². The van der Waals surface area contributed by atoms with Gasteiger partial charge in [-0.2, -0.15) is 0 Å². The van der Waals surface area contributed by atoms with Crippen molar-refractivity contribution in [1.29, 1.82) is 0 Å². The molecule has 0 saturated carbocycles. The van der Waals surface area contributed by atoms with Crippen LogP contribution in [0.4, 0.5) is 0 Å². The first-order valence-corrected chi connectivity index (χ1v) is 3.68. The maximum atomic E-state index is 10.1. The van der Waals surface area contributed by atoms with E-state index in [2.05, 4.69) is 6.58 Å². The number of hydrogen-bond donors (Lipinski definition) is 1. The predicted octanol–water partition coefficient (Wildman–Crippen LogP) is 2.23. The molecule has 0 bridgehead atoms. The third kappa shape index (κ3) is 6.84. The summed E-state index contributed by atoms with van der Waals surface area (Å²) in [5.41, 5.74) is 0. The molecule has 1 unspecified atom stereocenters. The van der Waals surface area contributed by atoms with Gasteiger partial charge in [-0.25, -0.2) is 0 Å². The number of carboxylic acid groups (broad SMARTS) is 1. The van der Waals surface area contributed by atoms with Gasteiger partial charge in [-0.15, -0.1) is 0 Å². The highest BCUT2D eigenvalue weighted by Gasteiger charge is 2.00. The van der Waals surface area contributed by atoms with Crippen LogP contribution in [0.2, 0.25) is 0 Å². The Labute approximate surface area is 67.2 Å². The van der Waals surface area contributed by atoms with Crippen molar-refractivity contribution in [3.05, 3.63) is 24.8 Å². The van der Waals surface area contributed by atoms with Crippen LogP contribution in [-0.2, 0) is 4.79 Å². The Bertz CT molecular complexity index is 159. The summed E-state index contributed by atoms with van der Waals surface area (Å²) in [5, 5.41) is 8.34. The smallest absolute Gasteiger partial charge is 0.303 e. The van der Waals surface area contributed by atoms with Crippen molar-refractivity contribution in [2.75, 3.05) is 0 Å². The van der Waals surface area contributed by atoms with E-state index in [9.17, 15) is 4.79 Å². The second-order valence-electron chi connectivity index (χ2n) is 2.53. The molecule has 11 heavy (non-hydrogen) atoms. The second kappa shape index (κ2) is 5.71. The number of hydrogen-bond acceptors (Lipinski definition) is 1. The topological polar surface area (TPSA) is 37.3 Å². The molecule has 1 N–H and O–H groups in total. The molecule has 0 aromatic rings. The van der Waals surface area contributed by atoms with Gasteiger partial charge in [0.25, 0.3) is 0 Å². The monoisotopic (exact) mass is 154 g/mol. The molecule has 62 valence electrons. The van der Waals surface area contributed by atoms with Gasteiger partial charge in [0.2, 0.25) is 0 Å². The minimum absolute atomic E-state index is 0.239. The molecule has 0 aliphatic rings. The lowest BCUT2D eigenvalue weighted by atomic mass is 10.1. The molecule has 0 saturated heterocycles. The molecular formula is C9H14O2. The summed E-state index contributed by atoms with van der Waals surface area (Å²) in [6.45, 7) is 5.51. The molecule has 0 aliphatic heterocycles. The highest BCUT2D eigenvalue weighted by Crippen LogP contribution is 2.06. The van der Waals surface area contributed by atoms with Crippen LogP contribution in [0.3, 0.4) is 0 Å². The van der Waals surface area contributed by atoms with Crippen molar-refractivity contribution in [2.24, 2.45) is 5.92 Å². The average molecular weight is 154 g/mol. The Balaban J connectivity index is 3.51. The highest BCUT2D eigenvalue weighted by molar-refractivity contribution is 5.66. The van der Waals surface area contributed by atoms with Crippen LogP contribution in [0, 0.1) is 5.92 Å². The van der Waals surface area contributed by atoms with Crippen LogP contribution in [0.15, 0.2) is 24.8 Å². The number of allylic oxidation sites excluding steroid dienone is 3. The van der Waals surface area contributed by atoms with Crippen molar-refractivity contribution in [2.45, 2.75) is 19.8 Å². The average Bonchev–Trinajstić information content (AvgIpc) is 1.97. The molecule has 2 heteroatoms. The standard InChI is InChI=1S/C9H14O2/c1-3-4-5-8(2)6-7-9(10)11/h3-5,8H,1,6-7H2,2H3,(H,10,11). The van der Waals surface area contributed by atoms with E-state index in [-0.39, 0.29) is 6.42 Å². The van der Waals surface area contributed by atoms with Gasteiger partial charge in [-0.05, 0) is 12.3 Å². The Morgan fingerprint density at radius 2 is 2.36 bits per heavy atom. The fraction of sp³-hybridized carbons (Fsp3) is 0.444. The van der Waals surface area contributed by atoms with Gasteiger partial charge in [0.15, 0.2) is 0 Å². The molecule has 0 aromatic heterocycles. The SMILES string of the molecule is C=CC=CC(C)CCC(=O)O. The van der Waals surface area contributed by atoms with Crippen LogP contribution in [0.5, 0.6) is 0 Å². The summed E-state index contributed by atoms with van der Waals surface area (Å²) in [4.78, 5) is 10.1. The van der Waals surface area contributed by atoms with E-state index in [0.717, 1.165) is 0 Å². The first-order chi connectivity index (χ1) is 5.16. The first kappa shape index (κ1) is 9.95. The van der Waals surface area contributed by atoms with Crippen LogP contribution in [0.1, 0.15) is 19.8 Å². The molecule has 2 nitrogen and oxygen atoms in total. The number of carboxylic acids is 1. The lowest BCUT2D eigenvalue weighted by Gasteiger charge is -2.01. The van der Waals surface area contributed by atoms with E-state index in [1.54, 1.807) is 6.08 Å². The fourth-order valence-corrected chi connectivity index (χ4v) is 0.716. The second-order valence-corrected chi connectivity index (χ2v) is 2.53. The van der Waals surface area contributed by atoms with Gasteiger partial charge in [0, 0.05) is 6.42 Å². The van der Waals surface area contributed by atoms with Gasteiger partial charge in [0.05, 0.1) is 0 Å². The summed E-state index contributed by atoms with van der Waals surface area (Å²) in [5.74, 6) is -0.409. The Morgan fingerprint density at radius 3 is 2.82 bits per heavy atom. The number of aliphatic carboxylic acids is 1. The summed E-state index contributed by atoms with van der Waals surface area (Å²) >= 11 is 0. The molecule has 0 radical (unpaired) electrons. The van der Waals surface area contributed by atoms with Gasteiger partial charge in [-0.1, -0.05) is 31.7 Å². The van der Waals surface area contributed by atoms with Crippen molar-refractivity contribution < 1.29 is 9.90 Å². The van der Waals surface area contributed by atoms with E-state index in [1.165, 1.54) is 0 Å². The van der Waals surface area contributed by atoms with Crippen LogP contribution >= 0.6 is 0 Å². The lowest BCUT2D eigenvalue weighted by Crippen LogP contribution is -1.98. The van der Waals surface area contributed by atoms with Crippen molar-refractivity contribution in [3.8, 4) is 0 Å². The van der Waals surface area contributed by atoms with E-state index in [4.69, 9.17) is 5.11 Å². The van der Waals surface area contributed by atoms with Gasteiger partial charge >= 0.3 is 5.97 Å². The van der Waals surface area contributed by atoms with Crippen molar-refractivity contribution in [1.82, 2.24) is 0 Å². The number of rotatable bonds is 5. The maximum absolute atomic E-state index is 10.1. The van der Waals surface area contributed by atoms with E-state index < -0.39 is 5.97 Å². The zero-order valence-electron chi connectivity index (χ0n) is 6.79. The van der Waals surface area contributed by atoms with Crippen LogP contribution in [0.25, 0.3) is 0 Å². The summed E-state index contributed by atoms with van der Waals surface area (Å²) < 4.78 is 0. The minimum atomic E-state index is -0.733. The third-order valence-electron chi connectivity index (χ3n) is 1.39. The Hall–Kier alpha value is -1.05. The third-order valence-corrected chi connectivity index (χ3v) is 1.39. The van der Waals surface area contributed by atoms with E-state index >= 15 is 0 Å². The quantitative estimate of drug-likeness (QED) is 0.616. The van der Waals surface area contributed by atoms with Gasteiger partial charge < -0.3 is 5.11 Å². The zero-order valence-corrected chi connectivity index (χ0v) is 6.79. The lowest BCUT2D eigenvalue weighted by molar-refractivity contribution is -0.137. The molecule has 0 heterocycles. The predicted molar refractivity (Wildman–Crippen MR) is 45.4 cm³/mol. The summed E-state index contributed by atoms with van der Waals surface area (Å²) in [7, 11) is 0. The maximum Gasteiger partial charge on any atom is 0.303 e. The summed E-state index contributed by atoms with van der Waals surface area (Å²) in [6, 6.07) is 0. The van der Waals surface area contributed by atoms with Crippen LogP contribution in [-0.4, -0.2) is 11.1 Å². The molecule has 1 atom stereocenters. The molecule has 0 aromatic carbocycles. The van der Waals surface area contributed by atoms with Crippen molar-refractivity contribution in [3.63, 3.8) is 0 Å². The van der Waals surface area contributed by atoms with E-state index in [1.807, 2.05) is 19.1 Å². The first-order valence-electron chi connectivity index (χ1n) is 3.68. The summed E-state index contributed by atoms with van der Waals surface area (Å²) in [6.07, 6.45) is 6.42. The molecule has 0 amide bonds. The zero-order chi connectivity index (χ0) is 8.69. The minimum Gasteiger partial charge on any atom is -0.481 e.